The molecule has 0 aromatic heterocycles. The highest BCUT2D eigenvalue weighted by Gasteiger charge is 1.94. The Morgan fingerprint density at radius 2 is 2.00 bits per heavy atom. The van der Waals surface area contributed by atoms with Crippen LogP contribution in [0.2, 0.25) is 0 Å². The van der Waals surface area contributed by atoms with Crippen LogP contribution in [0.3, 0.4) is 0 Å². The highest BCUT2D eigenvalue weighted by molar-refractivity contribution is 6.27. The average Bonchev–Trinajstić information content (AvgIpc) is 1.99. The molecule has 0 spiro atoms. The molecule has 58 valence electrons. The van der Waals surface area contributed by atoms with Gasteiger partial charge in [-0.25, -0.2) is 0 Å². The molecule has 0 fully saturated rings. The van der Waals surface area contributed by atoms with Gasteiger partial charge in [0.25, 0.3) is 0 Å². The van der Waals surface area contributed by atoms with Crippen LogP contribution in [0.25, 0.3) is 6.08 Å². The Labute approximate surface area is 72.5 Å². The van der Waals surface area contributed by atoms with Gasteiger partial charge in [-0.1, -0.05) is 29.8 Å². The number of benzene rings is 1. The first-order valence-corrected chi connectivity index (χ1v) is 4.02. The number of hydrogen-bond donors (Lipinski definition) is 0. The smallest absolute Gasteiger partial charge is 0.00485 e. The zero-order valence-corrected chi connectivity index (χ0v) is 7.52. The molecule has 0 amide bonds. The van der Waals surface area contributed by atoms with Crippen molar-refractivity contribution in [3.8, 4) is 0 Å². The number of halogens is 1. The van der Waals surface area contributed by atoms with Gasteiger partial charge >= 0.3 is 0 Å². The van der Waals surface area contributed by atoms with Gasteiger partial charge in [-0.15, -0.1) is 0 Å². The summed E-state index contributed by atoms with van der Waals surface area (Å²) in [5.41, 5.74) is 5.34. The minimum atomic E-state index is 1.19. The lowest BCUT2D eigenvalue weighted by Crippen LogP contribution is -1.83. The van der Waals surface area contributed by atoms with E-state index in [4.69, 9.17) is 11.6 Å². The molecule has 0 aliphatic carbocycles. The first kappa shape index (κ1) is 8.35. The number of hydrogen-bond acceptors (Lipinski definition) is 0. The lowest BCUT2D eigenvalue weighted by atomic mass is 10.0. The Hall–Kier alpha value is -0.750. The Kier molecular flexibility index (Phi) is 2.72. The summed E-state index contributed by atoms with van der Waals surface area (Å²) in [4.78, 5) is 0. The van der Waals surface area contributed by atoms with E-state index in [1.807, 2.05) is 12.1 Å². The maximum Gasteiger partial charge on any atom is 0.00485 e. The van der Waals surface area contributed by atoms with Crippen LogP contribution in [0.1, 0.15) is 16.7 Å². The van der Waals surface area contributed by atoms with Crippen LogP contribution in [0, 0.1) is 13.8 Å². The standard InChI is InChI=1S/C10H11Cl/c1-8-4-3-5-10(6-7-11)9(8)2/h3-7H,1-2H3. The fraction of sp³-hybridized carbons (Fsp3) is 0.200. The molecule has 0 heterocycles. The van der Waals surface area contributed by atoms with Crippen LogP contribution in [0.15, 0.2) is 23.7 Å². The summed E-state index contributed by atoms with van der Waals surface area (Å²) in [5, 5.41) is 0. The van der Waals surface area contributed by atoms with E-state index in [0.717, 1.165) is 0 Å². The molecule has 0 saturated heterocycles. The van der Waals surface area contributed by atoms with Crippen molar-refractivity contribution in [3.05, 3.63) is 40.4 Å². The second-order valence-corrected chi connectivity index (χ2v) is 2.83. The van der Waals surface area contributed by atoms with E-state index >= 15 is 0 Å². The van der Waals surface area contributed by atoms with Crippen molar-refractivity contribution < 1.29 is 0 Å². The lowest BCUT2D eigenvalue weighted by molar-refractivity contribution is 1.33. The molecule has 0 aliphatic heterocycles. The van der Waals surface area contributed by atoms with Gasteiger partial charge in [0, 0.05) is 5.54 Å². The van der Waals surface area contributed by atoms with Crippen LogP contribution >= 0.6 is 11.6 Å². The fourth-order valence-corrected chi connectivity index (χ4v) is 1.16. The highest BCUT2D eigenvalue weighted by atomic mass is 35.5. The van der Waals surface area contributed by atoms with Crippen LogP contribution in [0.5, 0.6) is 0 Å². The maximum atomic E-state index is 5.48. The minimum Gasteiger partial charge on any atom is -0.0929 e. The third kappa shape index (κ3) is 1.84. The van der Waals surface area contributed by atoms with E-state index in [1.54, 1.807) is 5.54 Å². The number of rotatable bonds is 1. The Morgan fingerprint density at radius 1 is 1.27 bits per heavy atom. The van der Waals surface area contributed by atoms with E-state index in [-0.39, 0.29) is 0 Å². The molecule has 1 aromatic carbocycles. The first-order chi connectivity index (χ1) is 5.25. The summed E-state index contributed by atoms with van der Waals surface area (Å²) in [6.07, 6.45) is 1.91. The van der Waals surface area contributed by atoms with Gasteiger partial charge in [-0.2, -0.15) is 0 Å². The second-order valence-electron chi connectivity index (χ2n) is 2.58. The molecule has 0 saturated carbocycles. The van der Waals surface area contributed by atoms with Crippen LogP contribution < -0.4 is 0 Å². The van der Waals surface area contributed by atoms with Crippen molar-refractivity contribution in [2.75, 3.05) is 0 Å². The molecule has 0 unspecified atom stereocenters. The molecule has 11 heavy (non-hydrogen) atoms. The number of aryl methyl sites for hydroxylation is 1. The normalized spacial score (nSPS) is 10.8. The molecule has 0 radical (unpaired) electrons. The van der Waals surface area contributed by atoms with E-state index in [2.05, 4.69) is 26.0 Å². The van der Waals surface area contributed by atoms with Crippen molar-refractivity contribution in [2.24, 2.45) is 0 Å². The molecule has 1 rings (SSSR count). The SMILES string of the molecule is Cc1cccc(C=CCl)c1C. The largest absolute Gasteiger partial charge is 0.0929 e. The van der Waals surface area contributed by atoms with Crippen LogP contribution in [0.4, 0.5) is 0 Å². The maximum absolute atomic E-state index is 5.48. The van der Waals surface area contributed by atoms with Crippen molar-refractivity contribution in [3.63, 3.8) is 0 Å². The Balaban J connectivity index is 3.16. The van der Waals surface area contributed by atoms with Gasteiger partial charge in [0.2, 0.25) is 0 Å². The predicted octanol–water partition coefficient (Wildman–Crippen LogP) is 3.51. The van der Waals surface area contributed by atoms with Gasteiger partial charge in [0.1, 0.15) is 0 Å². The minimum absolute atomic E-state index is 1.19. The van der Waals surface area contributed by atoms with Gasteiger partial charge in [-0.05, 0) is 36.6 Å². The molecule has 0 atom stereocenters. The van der Waals surface area contributed by atoms with Crippen molar-refractivity contribution in [1.82, 2.24) is 0 Å². The Morgan fingerprint density at radius 3 is 2.64 bits per heavy atom. The quantitative estimate of drug-likeness (QED) is 0.599. The zero-order chi connectivity index (χ0) is 8.27. The highest BCUT2D eigenvalue weighted by Crippen LogP contribution is 2.14. The van der Waals surface area contributed by atoms with Gasteiger partial charge < -0.3 is 0 Å². The van der Waals surface area contributed by atoms with Gasteiger partial charge in [0.15, 0.2) is 0 Å². The molecule has 0 aliphatic rings. The third-order valence-electron chi connectivity index (χ3n) is 1.89. The second kappa shape index (κ2) is 3.59. The van der Waals surface area contributed by atoms with E-state index in [0.29, 0.717) is 0 Å². The van der Waals surface area contributed by atoms with Crippen LogP contribution in [-0.4, -0.2) is 0 Å². The molecule has 0 N–H and O–H groups in total. The summed E-state index contributed by atoms with van der Waals surface area (Å²) < 4.78 is 0. The summed E-state index contributed by atoms with van der Waals surface area (Å²) in [7, 11) is 0. The molecule has 1 aromatic rings. The third-order valence-corrected chi connectivity index (χ3v) is 2.02. The summed E-state index contributed by atoms with van der Waals surface area (Å²) >= 11 is 5.48. The lowest BCUT2D eigenvalue weighted by Gasteiger charge is -2.02. The van der Waals surface area contributed by atoms with Crippen LogP contribution in [-0.2, 0) is 0 Å². The molecule has 0 nitrogen and oxygen atoms in total. The fourth-order valence-electron chi connectivity index (χ4n) is 1.02. The van der Waals surface area contributed by atoms with E-state index < -0.39 is 0 Å². The molecule has 1 heteroatoms. The van der Waals surface area contributed by atoms with Crippen molar-refractivity contribution >= 4 is 17.7 Å². The summed E-state index contributed by atoms with van der Waals surface area (Å²) in [5.74, 6) is 0. The predicted molar refractivity (Wildman–Crippen MR) is 50.8 cm³/mol. The monoisotopic (exact) mass is 166 g/mol. The first-order valence-electron chi connectivity index (χ1n) is 3.58. The van der Waals surface area contributed by atoms with Gasteiger partial charge in [0.05, 0.1) is 0 Å². The molecular weight excluding hydrogens is 156 g/mol. The summed E-state index contributed by atoms with van der Waals surface area (Å²) in [6.45, 7) is 4.20. The van der Waals surface area contributed by atoms with Crippen molar-refractivity contribution in [1.29, 1.82) is 0 Å². The topological polar surface area (TPSA) is 0 Å². The molecule has 0 bridgehead atoms. The average molecular weight is 167 g/mol. The molecular formula is C10H11Cl. The van der Waals surface area contributed by atoms with E-state index in [9.17, 15) is 0 Å². The summed E-state index contributed by atoms with van der Waals surface area (Å²) in [6, 6.07) is 6.19. The van der Waals surface area contributed by atoms with Crippen molar-refractivity contribution in [2.45, 2.75) is 13.8 Å². The Bertz CT molecular complexity index is 274. The van der Waals surface area contributed by atoms with E-state index in [1.165, 1.54) is 16.7 Å². The zero-order valence-electron chi connectivity index (χ0n) is 6.76. The van der Waals surface area contributed by atoms with Gasteiger partial charge in [-0.3, -0.25) is 0 Å².